The number of H-pyrrole nitrogens is 1. The highest BCUT2D eigenvalue weighted by Crippen LogP contribution is 2.24. The van der Waals surface area contributed by atoms with E-state index >= 15 is 0 Å². The number of aromatic amines is 1. The van der Waals surface area contributed by atoms with Gasteiger partial charge in [0.25, 0.3) is 0 Å². The maximum atomic E-state index is 13.0. The zero-order valence-electron chi connectivity index (χ0n) is 17.6. The van der Waals surface area contributed by atoms with E-state index in [1.165, 1.54) is 60.9 Å². The van der Waals surface area contributed by atoms with Crippen molar-refractivity contribution in [2.75, 3.05) is 4.72 Å². The standard InChI is InChI=1S/C21H16Cl2N4O6S2/c22-14-3-1-13(2-4-14)21(28)17-9-24-10-18(17)34(29,30)11-19-25-26-20(33-19)12-35(31,32)27-16-7-5-15(23)6-8-16/h1-10,24,27H,11-12H2. The number of carbonyl (C=O) groups is 1. The fraction of sp³-hybridized carbons (Fsp3) is 0.0952. The van der Waals surface area contributed by atoms with Crippen molar-refractivity contribution in [3.8, 4) is 0 Å². The normalized spacial score (nSPS) is 11.9. The first-order chi connectivity index (χ1) is 16.5. The zero-order valence-corrected chi connectivity index (χ0v) is 20.7. The molecular formula is C21H16Cl2N4O6S2. The molecule has 2 aromatic heterocycles. The highest BCUT2D eigenvalue weighted by atomic mass is 35.5. The lowest BCUT2D eigenvalue weighted by atomic mass is 10.1. The van der Waals surface area contributed by atoms with E-state index in [1.807, 2.05) is 0 Å². The number of sulfone groups is 1. The molecule has 2 aromatic carbocycles. The lowest BCUT2D eigenvalue weighted by Gasteiger charge is -2.06. The van der Waals surface area contributed by atoms with Gasteiger partial charge >= 0.3 is 0 Å². The highest BCUT2D eigenvalue weighted by molar-refractivity contribution is 7.92. The Morgan fingerprint density at radius 3 is 2.06 bits per heavy atom. The number of halogens is 2. The Hall–Kier alpha value is -3.19. The first-order valence-electron chi connectivity index (χ1n) is 9.79. The molecule has 14 heteroatoms. The van der Waals surface area contributed by atoms with Crippen molar-refractivity contribution in [1.29, 1.82) is 0 Å². The molecule has 0 fully saturated rings. The van der Waals surface area contributed by atoms with Crippen LogP contribution in [0.4, 0.5) is 5.69 Å². The van der Waals surface area contributed by atoms with Crippen molar-refractivity contribution in [2.45, 2.75) is 16.4 Å². The maximum absolute atomic E-state index is 13.0. The number of ketones is 1. The SMILES string of the molecule is O=C(c1ccc(Cl)cc1)c1c[nH]cc1S(=O)(=O)Cc1nnc(CS(=O)(=O)Nc2ccc(Cl)cc2)o1. The smallest absolute Gasteiger partial charge is 0.241 e. The molecule has 0 saturated carbocycles. The van der Waals surface area contributed by atoms with Crippen LogP contribution in [0.3, 0.4) is 0 Å². The Morgan fingerprint density at radius 2 is 1.43 bits per heavy atom. The first-order valence-corrected chi connectivity index (χ1v) is 13.9. The molecule has 0 aliphatic carbocycles. The second-order valence-electron chi connectivity index (χ2n) is 7.29. The molecule has 10 nitrogen and oxygen atoms in total. The van der Waals surface area contributed by atoms with Gasteiger partial charge in [0, 0.05) is 33.7 Å². The Labute approximate surface area is 210 Å². The minimum Gasteiger partial charge on any atom is -0.423 e. The summed E-state index contributed by atoms with van der Waals surface area (Å²) in [5.74, 6) is -2.56. The monoisotopic (exact) mass is 554 g/mol. The van der Waals surface area contributed by atoms with Crippen molar-refractivity contribution in [2.24, 2.45) is 0 Å². The number of nitrogens with zero attached hydrogens (tertiary/aromatic N) is 2. The average Bonchev–Trinajstić information content (AvgIpc) is 3.45. The molecule has 182 valence electrons. The first kappa shape index (κ1) is 24.9. The minimum absolute atomic E-state index is 0.0678. The third-order valence-electron chi connectivity index (χ3n) is 4.65. The van der Waals surface area contributed by atoms with Crippen LogP contribution in [0.5, 0.6) is 0 Å². The molecule has 0 bridgehead atoms. The van der Waals surface area contributed by atoms with Gasteiger partial charge in [0.15, 0.2) is 15.6 Å². The van der Waals surface area contributed by atoms with E-state index in [1.54, 1.807) is 0 Å². The maximum Gasteiger partial charge on any atom is 0.241 e. The van der Waals surface area contributed by atoms with E-state index in [9.17, 15) is 21.6 Å². The van der Waals surface area contributed by atoms with Crippen molar-refractivity contribution in [3.63, 3.8) is 0 Å². The van der Waals surface area contributed by atoms with Crippen LogP contribution >= 0.6 is 23.2 Å². The van der Waals surface area contributed by atoms with Crippen molar-refractivity contribution < 1.29 is 26.0 Å². The van der Waals surface area contributed by atoms with Crippen LogP contribution in [-0.2, 0) is 31.4 Å². The second-order valence-corrected chi connectivity index (χ2v) is 11.8. The van der Waals surface area contributed by atoms with Crippen molar-refractivity contribution >= 4 is 54.5 Å². The van der Waals surface area contributed by atoms with E-state index in [4.69, 9.17) is 27.6 Å². The van der Waals surface area contributed by atoms with Crippen LogP contribution in [0.25, 0.3) is 0 Å². The number of nitrogens with one attached hydrogen (secondary N) is 2. The van der Waals surface area contributed by atoms with Crippen LogP contribution < -0.4 is 4.72 Å². The molecule has 0 spiro atoms. The molecule has 0 radical (unpaired) electrons. The highest BCUT2D eigenvalue weighted by Gasteiger charge is 2.27. The van der Waals surface area contributed by atoms with Gasteiger partial charge in [-0.25, -0.2) is 16.8 Å². The molecule has 0 unspecified atom stereocenters. The van der Waals surface area contributed by atoms with Gasteiger partial charge in [0.2, 0.25) is 21.8 Å². The Bertz CT molecular complexity index is 1580. The summed E-state index contributed by atoms with van der Waals surface area (Å²) in [5, 5.41) is 8.14. The van der Waals surface area contributed by atoms with Gasteiger partial charge < -0.3 is 9.40 Å². The fourth-order valence-corrected chi connectivity index (χ4v) is 5.68. The molecule has 4 aromatic rings. The molecule has 0 saturated heterocycles. The number of benzene rings is 2. The summed E-state index contributed by atoms with van der Waals surface area (Å²) in [6, 6.07) is 12.0. The van der Waals surface area contributed by atoms with Crippen LogP contribution in [0.15, 0.2) is 70.2 Å². The summed E-state index contributed by atoms with van der Waals surface area (Å²) in [4.78, 5) is 15.2. The lowest BCUT2D eigenvalue weighted by Crippen LogP contribution is -2.15. The summed E-state index contributed by atoms with van der Waals surface area (Å²) in [5.41, 5.74) is 0.466. The van der Waals surface area contributed by atoms with Crippen molar-refractivity contribution in [3.05, 3.63) is 93.9 Å². The van der Waals surface area contributed by atoms with E-state index in [0.29, 0.717) is 10.0 Å². The number of anilines is 1. The van der Waals surface area contributed by atoms with E-state index in [-0.39, 0.29) is 33.5 Å². The summed E-state index contributed by atoms with van der Waals surface area (Å²) in [6.45, 7) is 0. The zero-order chi connectivity index (χ0) is 25.2. The van der Waals surface area contributed by atoms with Gasteiger partial charge in [-0.3, -0.25) is 9.52 Å². The molecule has 4 rings (SSSR count). The Kier molecular flexibility index (Phi) is 6.99. The van der Waals surface area contributed by atoms with Crippen LogP contribution in [0.1, 0.15) is 27.7 Å². The molecule has 0 aliphatic heterocycles. The summed E-state index contributed by atoms with van der Waals surface area (Å²) >= 11 is 11.6. The summed E-state index contributed by atoms with van der Waals surface area (Å²) < 4.78 is 58.3. The molecule has 2 heterocycles. The van der Waals surface area contributed by atoms with Gasteiger partial charge in [-0.1, -0.05) is 23.2 Å². The van der Waals surface area contributed by atoms with Crippen molar-refractivity contribution in [1.82, 2.24) is 15.2 Å². The largest absolute Gasteiger partial charge is 0.423 e. The molecule has 35 heavy (non-hydrogen) atoms. The topological polar surface area (TPSA) is 152 Å². The van der Waals surface area contributed by atoms with Gasteiger partial charge in [0.05, 0.1) is 10.5 Å². The molecule has 0 amide bonds. The van der Waals surface area contributed by atoms with E-state index in [0.717, 1.165) is 0 Å². The Morgan fingerprint density at radius 1 is 0.857 bits per heavy atom. The number of aromatic nitrogens is 3. The van der Waals surface area contributed by atoms with Gasteiger partial charge in [-0.2, -0.15) is 0 Å². The van der Waals surface area contributed by atoms with Gasteiger partial charge in [0.1, 0.15) is 11.5 Å². The number of rotatable bonds is 9. The van der Waals surface area contributed by atoms with Crippen LogP contribution in [0, 0.1) is 0 Å². The van der Waals surface area contributed by atoms with Crippen LogP contribution in [0.2, 0.25) is 10.0 Å². The summed E-state index contributed by atoms with van der Waals surface area (Å²) in [6.07, 6.45) is 2.45. The number of sulfonamides is 1. The quantitative estimate of drug-likeness (QED) is 0.296. The number of hydrogen-bond acceptors (Lipinski definition) is 8. The van der Waals surface area contributed by atoms with Gasteiger partial charge in [-0.15, -0.1) is 10.2 Å². The third kappa shape index (κ3) is 6.09. The Balaban J connectivity index is 1.48. The summed E-state index contributed by atoms with van der Waals surface area (Å²) in [7, 11) is -8.02. The molecule has 0 aliphatic rings. The third-order valence-corrected chi connectivity index (χ3v) is 7.96. The number of carbonyl (C=O) groups excluding carboxylic acids is 1. The van der Waals surface area contributed by atoms with E-state index < -0.39 is 37.1 Å². The average molecular weight is 555 g/mol. The minimum atomic E-state index is -4.10. The van der Waals surface area contributed by atoms with Gasteiger partial charge in [-0.05, 0) is 48.5 Å². The van der Waals surface area contributed by atoms with E-state index in [2.05, 4.69) is 19.9 Å². The molecular weight excluding hydrogens is 539 g/mol. The molecule has 2 N–H and O–H groups in total. The van der Waals surface area contributed by atoms with Crippen LogP contribution in [-0.4, -0.2) is 37.8 Å². The number of hydrogen-bond donors (Lipinski definition) is 2. The second kappa shape index (κ2) is 9.82. The predicted octanol–water partition coefficient (Wildman–Crippen LogP) is 3.85. The fourth-order valence-electron chi connectivity index (χ4n) is 3.08. The predicted molar refractivity (Wildman–Crippen MR) is 129 cm³/mol. The lowest BCUT2D eigenvalue weighted by molar-refractivity contribution is 0.103. The molecule has 0 atom stereocenters.